The molecule has 0 spiro atoms. The van der Waals surface area contributed by atoms with Gasteiger partial charge in [-0.15, -0.1) is 11.3 Å². The molecule has 4 atom stereocenters. The Kier molecular flexibility index (Phi) is 6.73. The largest absolute Gasteiger partial charge is 0.489 e. The number of hydrogen-bond donors (Lipinski definition) is 2. The molecule has 2 aromatic carbocycles. The average molecular weight is 657 g/mol. The summed E-state index contributed by atoms with van der Waals surface area (Å²) >= 11 is 7.87. The van der Waals surface area contributed by atoms with Crippen LogP contribution in [0.5, 0.6) is 11.8 Å². The average Bonchev–Trinajstić information content (AvgIpc) is 3.75. The summed E-state index contributed by atoms with van der Waals surface area (Å²) in [6.45, 7) is 1.30. The molecule has 6 heterocycles. The van der Waals surface area contributed by atoms with Crippen LogP contribution in [0.4, 0.5) is 24.0 Å². The third kappa shape index (κ3) is 4.19. The van der Waals surface area contributed by atoms with E-state index in [1.807, 2.05) is 11.0 Å². The van der Waals surface area contributed by atoms with E-state index < -0.39 is 23.3 Å². The van der Waals surface area contributed by atoms with Crippen LogP contribution in [-0.2, 0) is 0 Å². The lowest BCUT2D eigenvalue weighted by Gasteiger charge is -2.31. The van der Waals surface area contributed by atoms with Gasteiger partial charge in [0.1, 0.15) is 47.6 Å². The van der Waals surface area contributed by atoms with E-state index in [2.05, 4.69) is 9.88 Å². The Bertz CT molecular complexity index is 1940. The molecule has 3 saturated heterocycles. The smallest absolute Gasteiger partial charge is 0.319 e. The van der Waals surface area contributed by atoms with E-state index in [-0.39, 0.29) is 91.4 Å². The summed E-state index contributed by atoms with van der Waals surface area (Å²) in [7, 11) is 0. The summed E-state index contributed by atoms with van der Waals surface area (Å²) in [5.41, 5.74) is 5.52. The predicted octanol–water partition coefficient (Wildman–Crippen LogP) is 5.57. The van der Waals surface area contributed by atoms with Crippen LogP contribution in [0.2, 0.25) is 5.02 Å². The van der Waals surface area contributed by atoms with E-state index in [1.165, 1.54) is 12.1 Å². The van der Waals surface area contributed by atoms with Crippen LogP contribution < -0.4 is 20.1 Å². The quantitative estimate of drug-likeness (QED) is 0.284. The number of thiophene rings is 1. The van der Waals surface area contributed by atoms with E-state index in [9.17, 15) is 19.1 Å². The number of aromatic nitrogens is 2. The number of ether oxygens (including phenoxy) is 2. The maximum absolute atomic E-state index is 17.0. The van der Waals surface area contributed by atoms with Crippen molar-refractivity contribution in [2.75, 3.05) is 43.5 Å². The Morgan fingerprint density at radius 1 is 1.27 bits per heavy atom. The van der Waals surface area contributed by atoms with Gasteiger partial charge in [-0.05, 0) is 43.9 Å². The van der Waals surface area contributed by atoms with Gasteiger partial charge in [0.15, 0.2) is 11.6 Å². The molecule has 9 nitrogen and oxygen atoms in total. The first kappa shape index (κ1) is 28.9. The van der Waals surface area contributed by atoms with Gasteiger partial charge in [-0.1, -0.05) is 17.7 Å². The first-order chi connectivity index (χ1) is 21.7. The lowest BCUT2D eigenvalue weighted by molar-refractivity contribution is 0.107. The molecular weight excluding hydrogens is 629 g/mol. The topological polar surface area (TPSA) is 121 Å². The number of anilines is 2. The van der Waals surface area contributed by atoms with Gasteiger partial charge < -0.3 is 25.2 Å². The number of aliphatic hydroxyl groups is 1. The molecule has 3 N–H and O–H groups in total. The molecule has 234 valence electrons. The monoisotopic (exact) mass is 656 g/mol. The van der Waals surface area contributed by atoms with Crippen molar-refractivity contribution in [2.45, 2.75) is 55.9 Å². The van der Waals surface area contributed by atoms with Crippen molar-refractivity contribution in [3.63, 3.8) is 0 Å². The van der Waals surface area contributed by atoms with Crippen molar-refractivity contribution in [1.29, 1.82) is 5.26 Å². The summed E-state index contributed by atoms with van der Waals surface area (Å²) in [5, 5.41) is 20.5. The number of benzene rings is 2. The van der Waals surface area contributed by atoms with Gasteiger partial charge in [-0.25, -0.2) is 13.2 Å². The molecule has 45 heavy (non-hydrogen) atoms. The minimum Gasteiger partial charge on any atom is -0.489 e. The maximum Gasteiger partial charge on any atom is 0.319 e. The predicted molar refractivity (Wildman–Crippen MR) is 165 cm³/mol. The van der Waals surface area contributed by atoms with Crippen molar-refractivity contribution in [3.8, 4) is 29.0 Å². The van der Waals surface area contributed by atoms with Crippen molar-refractivity contribution >= 4 is 54.7 Å². The molecule has 8 rings (SSSR count). The number of fused-ring (bicyclic) bond motifs is 4. The normalized spacial score (nSPS) is 25.8. The Morgan fingerprint density at radius 2 is 2.11 bits per heavy atom. The Morgan fingerprint density at radius 3 is 2.91 bits per heavy atom. The van der Waals surface area contributed by atoms with Crippen LogP contribution in [0.15, 0.2) is 12.1 Å². The molecule has 0 aliphatic carbocycles. The van der Waals surface area contributed by atoms with Crippen LogP contribution in [-0.4, -0.2) is 76.7 Å². The van der Waals surface area contributed by atoms with E-state index in [0.29, 0.717) is 31.6 Å². The second-order valence-electron chi connectivity index (χ2n) is 12.3. The van der Waals surface area contributed by atoms with Crippen LogP contribution in [0.3, 0.4) is 0 Å². The van der Waals surface area contributed by atoms with Crippen LogP contribution in [0, 0.1) is 23.0 Å². The number of halogens is 4. The SMILES string of the molecule is N#Cc1c(N)sc2c(F)ccc(-c3c(Cl)c4c5c(nc(OC[C@@]67CCCN6C[C@H](F)C7)nc5c3F)N3C(CO)CCC3CO4)c12. The molecule has 3 fully saturated rings. The number of rotatable bonds is 5. The molecule has 4 aliphatic rings. The third-order valence-electron chi connectivity index (χ3n) is 9.87. The highest BCUT2D eigenvalue weighted by Crippen LogP contribution is 2.52. The Hall–Kier alpha value is -3.57. The molecule has 2 aromatic heterocycles. The summed E-state index contributed by atoms with van der Waals surface area (Å²) in [6.07, 6.45) is 2.45. The number of nitrogens with zero attached hydrogens (tertiary/aromatic N) is 5. The highest BCUT2D eigenvalue weighted by Gasteiger charge is 2.49. The zero-order valence-electron chi connectivity index (χ0n) is 24.0. The zero-order chi connectivity index (χ0) is 31.2. The van der Waals surface area contributed by atoms with Gasteiger partial charge in [-0.3, -0.25) is 4.90 Å². The van der Waals surface area contributed by atoms with Gasteiger partial charge in [0.25, 0.3) is 0 Å². The molecule has 4 aliphatic heterocycles. The number of nitrogens with two attached hydrogens (primary N) is 1. The van der Waals surface area contributed by atoms with Crippen LogP contribution in [0.1, 0.15) is 37.7 Å². The van der Waals surface area contributed by atoms with Gasteiger partial charge >= 0.3 is 6.01 Å². The molecule has 2 unspecified atom stereocenters. The maximum atomic E-state index is 17.0. The van der Waals surface area contributed by atoms with Crippen molar-refractivity contribution in [2.24, 2.45) is 0 Å². The standard InChI is InChI=1S/C31H28ClF3N6O3S/c32-23-21(17-4-5-19(34)27-20(17)18(9-36)28(37)45-27)24(35)25-22-26(23)43-12-16-3-2-15(11-42)41(16)29(22)39-30(38-25)44-13-31-6-1-7-40(31)10-14(33)8-31/h4-5,14-16,42H,1-3,6-8,10-13,37H2/t14-,15?,16?,31+/m1/s1. The number of alkyl halides is 1. The summed E-state index contributed by atoms with van der Waals surface area (Å²) in [4.78, 5) is 13.3. The highest BCUT2D eigenvalue weighted by molar-refractivity contribution is 7.23. The highest BCUT2D eigenvalue weighted by atomic mass is 35.5. The van der Waals surface area contributed by atoms with Crippen LogP contribution in [0.25, 0.3) is 32.1 Å². The van der Waals surface area contributed by atoms with E-state index in [0.717, 1.165) is 30.7 Å². The first-order valence-electron chi connectivity index (χ1n) is 14.9. The summed E-state index contributed by atoms with van der Waals surface area (Å²) in [5.74, 6) is -0.960. The molecule has 0 amide bonds. The Labute approximate surface area is 264 Å². The molecule has 0 bridgehead atoms. The van der Waals surface area contributed by atoms with Crippen LogP contribution >= 0.6 is 22.9 Å². The van der Waals surface area contributed by atoms with Gasteiger partial charge in [0, 0.05) is 23.9 Å². The second-order valence-corrected chi connectivity index (χ2v) is 13.7. The molecular formula is C31H28ClF3N6O3S. The fourth-order valence-corrected chi connectivity index (χ4v) is 9.13. The fourth-order valence-electron chi connectivity index (χ4n) is 7.84. The van der Waals surface area contributed by atoms with E-state index >= 15 is 4.39 Å². The second kappa shape index (κ2) is 10.5. The third-order valence-corrected chi connectivity index (χ3v) is 11.3. The fraction of sp³-hybridized carbons (Fsp3) is 0.452. The molecule has 14 heteroatoms. The molecule has 0 radical (unpaired) electrons. The van der Waals surface area contributed by atoms with Gasteiger partial charge in [0.05, 0.1) is 44.9 Å². The molecule has 0 saturated carbocycles. The van der Waals surface area contributed by atoms with Crippen molar-refractivity contribution in [1.82, 2.24) is 14.9 Å². The number of nitriles is 1. The number of aliphatic hydroxyl groups excluding tert-OH is 1. The van der Waals surface area contributed by atoms with E-state index in [4.69, 9.17) is 31.8 Å². The molecule has 4 aromatic rings. The summed E-state index contributed by atoms with van der Waals surface area (Å²) in [6, 6.07) is 3.99. The first-order valence-corrected chi connectivity index (χ1v) is 16.1. The zero-order valence-corrected chi connectivity index (χ0v) is 25.5. The summed E-state index contributed by atoms with van der Waals surface area (Å²) < 4.78 is 59.0. The van der Waals surface area contributed by atoms with Gasteiger partial charge in [0.2, 0.25) is 0 Å². The number of hydrogen-bond acceptors (Lipinski definition) is 10. The van der Waals surface area contributed by atoms with Gasteiger partial charge in [-0.2, -0.15) is 15.2 Å². The van der Waals surface area contributed by atoms with Crippen molar-refractivity contribution < 1.29 is 27.8 Å². The minimum absolute atomic E-state index is 0.0220. The van der Waals surface area contributed by atoms with Crippen molar-refractivity contribution in [3.05, 3.63) is 34.4 Å². The lowest BCUT2D eigenvalue weighted by atomic mass is 9.95. The van der Waals surface area contributed by atoms with E-state index in [1.54, 1.807) is 0 Å². The number of nitrogen functional groups attached to an aromatic ring is 1. The minimum atomic E-state index is -0.953. The lowest BCUT2D eigenvalue weighted by Crippen LogP contribution is -2.43. The Balaban J connectivity index is 1.36.